The van der Waals surface area contributed by atoms with E-state index in [9.17, 15) is 35.9 Å². The van der Waals surface area contributed by atoms with Gasteiger partial charge in [-0.15, -0.1) is 0 Å². The summed E-state index contributed by atoms with van der Waals surface area (Å²) < 4.78 is 85.5. The fourth-order valence-electron chi connectivity index (χ4n) is 3.73. The first-order valence-electron chi connectivity index (χ1n) is 10.6. The summed E-state index contributed by atoms with van der Waals surface area (Å²) >= 11 is 0. The summed E-state index contributed by atoms with van der Waals surface area (Å²) in [5.74, 6) is 0. The maximum absolute atomic E-state index is 13.4. The molecular weight excluding hydrogens is 502 g/mol. The van der Waals surface area contributed by atoms with Gasteiger partial charge in [-0.1, -0.05) is 13.8 Å². The van der Waals surface area contributed by atoms with Crippen molar-refractivity contribution >= 4 is 17.8 Å². The number of carboxylic acid groups (broad SMARTS) is 1. The molecule has 3 heterocycles. The lowest BCUT2D eigenvalue weighted by Gasteiger charge is -2.31. The van der Waals surface area contributed by atoms with Gasteiger partial charge in [-0.2, -0.15) is 31.4 Å². The molecule has 1 fully saturated rings. The first-order chi connectivity index (χ1) is 16.5. The maximum atomic E-state index is 13.4. The number of urea groups is 1. The largest absolute Gasteiger partial charge is 0.465 e. The van der Waals surface area contributed by atoms with Crippen LogP contribution in [0.2, 0.25) is 0 Å². The number of imidazole rings is 1. The predicted molar refractivity (Wildman–Crippen MR) is 111 cm³/mol. The van der Waals surface area contributed by atoms with Crippen LogP contribution in [0.1, 0.15) is 37.6 Å². The summed E-state index contributed by atoms with van der Waals surface area (Å²) in [6.45, 7) is 1.23. The van der Waals surface area contributed by atoms with Crippen LogP contribution in [-0.2, 0) is 11.2 Å². The third kappa shape index (κ3) is 5.91. The van der Waals surface area contributed by atoms with Crippen LogP contribution in [-0.4, -0.2) is 75.0 Å². The van der Waals surface area contributed by atoms with Gasteiger partial charge in [-0.25, -0.2) is 19.1 Å². The summed E-state index contributed by atoms with van der Waals surface area (Å²) in [5.41, 5.74) is -1.67. The van der Waals surface area contributed by atoms with Crippen LogP contribution in [0.4, 0.5) is 35.9 Å². The molecule has 1 aliphatic heterocycles. The van der Waals surface area contributed by atoms with Crippen LogP contribution < -0.4 is 10.6 Å². The van der Waals surface area contributed by atoms with Crippen molar-refractivity contribution in [2.45, 2.75) is 57.4 Å². The molecule has 2 aromatic rings. The predicted octanol–water partition coefficient (Wildman–Crippen LogP) is 3.49. The number of hydrogen-bond acceptors (Lipinski definition) is 5. The van der Waals surface area contributed by atoms with Gasteiger partial charge in [0.05, 0.1) is 36.1 Å². The minimum Gasteiger partial charge on any atom is -0.465 e. The highest BCUT2D eigenvalue weighted by Gasteiger charge is 2.49. The van der Waals surface area contributed by atoms with Gasteiger partial charge in [0.2, 0.25) is 0 Å². The van der Waals surface area contributed by atoms with Gasteiger partial charge in [0.25, 0.3) is 0 Å². The van der Waals surface area contributed by atoms with Gasteiger partial charge in [-0.05, 0) is 18.1 Å². The molecule has 1 saturated heterocycles. The quantitative estimate of drug-likeness (QED) is 0.453. The van der Waals surface area contributed by atoms with Gasteiger partial charge < -0.3 is 20.5 Å². The SMILES string of the molecule is COC(Cc1cnn2cc(C(CC(C)(C)C(F)(F)F)NC(=O)O)nc2c1)N1C[C@@H](C(F)(F)F)NC1=O. The van der Waals surface area contributed by atoms with Crippen molar-refractivity contribution in [2.75, 3.05) is 13.7 Å². The number of halogens is 6. The van der Waals surface area contributed by atoms with Crippen molar-refractivity contribution in [3.05, 3.63) is 29.7 Å². The summed E-state index contributed by atoms with van der Waals surface area (Å²) in [6.07, 6.45) is -9.90. The first-order valence-corrected chi connectivity index (χ1v) is 10.6. The summed E-state index contributed by atoms with van der Waals surface area (Å²) in [7, 11) is 1.23. The van der Waals surface area contributed by atoms with Gasteiger partial charge in [-0.3, -0.25) is 4.90 Å². The molecule has 36 heavy (non-hydrogen) atoms. The number of nitrogens with one attached hydrogen (secondary N) is 2. The highest BCUT2D eigenvalue weighted by Crippen LogP contribution is 2.43. The van der Waals surface area contributed by atoms with Gasteiger partial charge >= 0.3 is 24.5 Å². The highest BCUT2D eigenvalue weighted by atomic mass is 19.4. The number of carbonyl (C=O) groups excluding carboxylic acids is 1. The standard InChI is InChI=1S/C20H24F6N6O4/c1-18(2,20(24,25)26)6-11(29-17(34)35)12-8-32-14(28-12)4-10(7-27-32)5-15(36-3)31-9-13(19(21,22)23)30-16(31)33/h4,7-8,11,13,15,29H,5-6,9H2,1-3H3,(H,30,33)(H,34,35)/t11?,13-,15?/m0/s1. The lowest BCUT2D eigenvalue weighted by Crippen LogP contribution is -2.41. The van der Waals surface area contributed by atoms with Crippen molar-refractivity contribution in [3.8, 4) is 0 Å². The highest BCUT2D eigenvalue weighted by molar-refractivity contribution is 5.77. The minimum absolute atomic E-state index is 0.00499. The van der Waals surface area contributed by atoms with Crippen LogP contribution in [0.15, 0.2) is 18.5 Å². The zero-order valence-corrected chi connectivity index (χ0v) is 19.3. The van der Waals surface area contributed by atoms with E-state index in [0.29, 0.717) is 5.56 Å². The Labute approximate surface area is 200 Å². The molecule has 0 radical (unpaired) electrons. The number of nitrogens with zero attached hydrogens (tertiary/aromatic N) is 4. The van der Waals surface area contributed by atoms with Gasteiger partial charge in [0, 0.05) is 13.5 Å². The monoisotopic (exact) mass is 526 g/mol. The summed E-state index contributed by atoms with van der Waals surface area (Å²) in [6, 6.07) is -2.83. The van der Waals surface area contributed by atoms with Gasteiger partial charge in [0.15, 0.2) is 5.65 Å². The molecule has 3 atom stereocenters. The lowest BCUT2D eigenvalue weighted by molar-refractivity contribution is -0.215. The number of fused-ring (bicyclic) bond motifs is 1. The normalized spacial score (nSPS) is 18.9. The fourth-order valence-corrected chi connectivity index (χ4v) is 3.73. The van der Waals surface area contributed by atoms with Crippen LogP contribution in [0.25, 0.3) is 5.65 Å². The third-order valence-electron chi connectivity index (χ3n) is 5.89. The number of hydrogen-bond donors (Lipinski definition) is 3. The molecule has 0 bridgehead atoms. The van der Waals surface area contributed by atoms with Crippen molar-refractivity contribution in [1.29, 1.82) is 0 Å². The van der Waals surface area contributed by atoms with E-state index in [-0.39, 0.29) is 17.8 Å². The number of aromatic nitrogens is 3. The van der Waals surface area contributed by atoms with Crippen LogP contribution >= 0.6 is 0 Å². The second-order valence-corrected chi connectivity index (χ2v) is 9.01. The van der Waals surface area contributed by atoms with E-state index < -0.39 is 61.2 Å². The number of alkyl halides is 6. The van der Waals surface area contributed by atoms with E-state index in [1.54, 1.807) is 0 Å². The number of ether oxygens (including phenoxy) is 1. The molecule has 2 unspecified atom stereocenters. The average molecular weight is 526 g/mol. The van der Waals surface area contributed by atoms with Crippen molar-refractivity contribution in [3.63, 3.8) is 0 Å². The molecule has 1 aliphatic rings. The van der Waals surface area contributed by atoms with Crippen molar-refractivity contribution in [2.24, 2.45) is 5.41 Å². The second-order valence-electron chi connectivity index (χ2n) is 9.01. The van der Waals surface area contributed by atoms with Crippen LogP contribution in [0.5, 0.6) is 0 Å². The Morgan fingerprint density at radius 2 is 1.97 bits per heavy atom. The zero-order chi connectivity index (χ0) is 27.1. The minimum atomic E-state index is -4.63. The Morgan fingerprint density at radius 1 is 1.31 bits per heavy atom. The Bertz CT molecular complexity index is 1120. The third-order valence-corrected chi connectivity index (χ3v) is 5.89. The lowest BCUT2D eigenvalue weighted by atomic mass is 9.84. The van der Waals surface area contributed by atoms with Gasteiger partial charge in [0.1, 0.15) is 12.3 Å². The summed E-state index contributed by atoms with van der Waals surface area (Å²) in [5, 5.41) is 17.1. The second kappa shape index (κ2) is 9.63. The van der Waals surface area contributed by atoms with E-state index in [2.05, 4.69) is 10.1 Å². The topological polar surface area (TPSA) is 121 Å². The molecule has 0 aromatic carbocycles. The molecule has 3 amide bonds. The van der Waals surface area contributed by atoms with Crippen LogP contribution in [0.3, 0.4) is 0 Å². The average Bonchev–Trinajstić information content (AvgIpc) is 3.33. The molecule has 2 aromatic heterocycles. The molecule has 16 heteroatoms. The molecule has 0 aliphatic carbocycles. The molecule has 0 saturated carbocycles. The Hall–Kier alpha value is -3.30. The molecule has 10 nitrogen and oxygen atoms in total. The number of methoxy groups -OCH3 is 1. The Morgan fingerprint density at radius 3 is 2.50 bits per heavy atom. The molecule has 0 spiro atoms. The van der Waals surface area contributed by atoms with E-state index in [1.165, 1.54) is 30.1 Å². The van der Waals surface area contributed by atoms with Crippen molar-refractivity contribution in [1.82, 2.24) is 30.1 Å². The summed E-state index contributed by atoms with van der Waals surface area (Å²) in [4.78, 5) is 28.4. The molecular formula is C20H24F6N6O4. The fraction of sp³-hybridized carbons (Fsp3) is 0.600. The smallest absolute Gasteiger partial charge is 0.410 e. The van der Waals surface area contributed by atoms with E-state index in [0.717, 1.165) is 18.7 Å². The van der Waals surface area contributed by atoms with Crippen LogP contribution in [0, 0.1) is 5.41 Å². The Balaban J connectivity index is 1.83. The molecule has 200 valence electrons. The molecule has 3 rings (SSSR count). The number of rotatable bonds is 8. The first kappa shape index (κ1) is 27.3. The number of carbonyl (C=O) groups is 2. The number of amides is 3. The van der Waals surface area contributed by atoms with Crippen molar-refractivity contribution < 1.29 is 45.8 Å². The van der Waals surface area contributed by atoms with E-state index in [1.807, 2.05) is 10.6 Å². The van der Waals surface area contributed by atoms with E-state index in [4.69, 9.17) is 9.84 Å². The van der Waals surface area contributed by atoms with E-state index >= 15 is 0 Å². The zero-order valence-electron chi connectivity index (χ0n) is 19.3. The Kier molecular flexibility index (Phi) is 7.30. The molecule has 3 N–H and O–H groups in total. The maximum Gasteiger partial charge on any atom is 0.410 e.